The van der Waals surface area contributed by atoms with Gasteiger partial charge in [0.05, 0.1) is 12.7 Å². The predicted molar refractivity (Wildman–Crippen MR) is 98.2 cm³/mol. The van der Waals surface area contributed by atoms with Gasteiger partial charge in [-0.2, -0.15) is 13.4 Å². The van der Waals surface area contributed by atoms with E-state index in [1.54, 1.807) is 48.5 Å². The molecule has 3 rings (SSSR count). The number of carbonyl (C=O) groups excluding carboxylic acids is 2. The van der Waals surface area contributed by atoms with Gasteiger partial charge >= 0.3 is 22.4 Å². The van der Waals surface area contributed by atoms with Crippen LogP contribution in [0.3, 0.4) is 0 Å². The molecule has 2 aromatic carbocycles. The highest BCUT2D eigenvalue weighted by Gasteiger charge is 2.15. The maximum Gasteiger partial charge on any atom is 0.337 e. The highest BCUT2D eigenvalue weighted by Crippen LogP contribution is 2.16. The standard InChI is InChI=1S/C9H5N3O4S.C8H7ClO2/c13-8(12-17(14)15)7-10-9(16-11-7)6-4-2-1-3-5-6;1-11-8(10)6-3-2-4-7(9)5-6/h1-5H;2-5H,1H3. The average Bonchev–Trinajstić information content (AvgIpc) is 3.18. The monoisotopic (exact) mass is 421 g/mol. The summed E-state index contributed by atoms with van der Waals surface area (Å²) in [7, 11) is -1.49. The number of esters is 1. The Bertz CT molecular complexity index is 1100. The van der Waals surface area contributed by atoms with E-state index in [0.717, 1.165) is 0 Å². The third kappa shape index (κ3) is 6.11. The second-order valence-corrected chi connectivity index (χ2v) is 5.96. The fourth-order valence-corrected chi connectivity index (χ4v) is 2.26. The number of methoxy groups -OCH3 is 1. The van der Waals surface area contributed by atoms with Gasteiger partial charge < -0.3 is 9.26 Å². The Labute approximate surface area is 165 Å². The molecule has 0 atom stereocenters. The van der Waals surface area contributed by atoms with Crippen LogP contribution < -0.4 is 0 Å². The molecule has 0 aliphatic rings. The van der Waals surface area contributed by atoms with Crippen molar-refractivity contribution in [2.75, 3.05) is 7.11 Å². The third-order valence-electron chi connectivity index (χ3n) is 3.04. The average molecular weight is 422 g/mol. The Hall–Kier alpha value is -3.37. The number of carbonyl (C=O) groups is 2. The maximum absolute atomic E-state index is 11.2. The number of halogens is 1. The number of aromatic nitrogens is 2. The zero-order chi connectivity index (χ0) is 20.5. The van der Waals surface area contributed by atoms with Crippen molar-refractivity contribution in [3.8, 4) is 11.5 Å². The minimum atomic E-state index is -2.83. The summed E-state index contributed by atoms with van der Waals surface area (Å²) in [5.74, 6) is -1.70. The summed E-state index contributed by atoms with van der Waals surface area (Å²) >= 11 is 5.64. The van der Waals surface area contributed by atoms with Crippen molar-refractivity contribution in [1.82, 2.24) is 10.1 Å². The van der Waals surface area contributed by atoms with Gasteiger partial charge in [0.2, 0.25) is 0 Å². The molecule has 0 spiro atoms. The van der Waals surface area contributed by atoms with E-state index in [0.29, 0.717) is 16.1 Å². The number of hydrogen-bond donors (Lipinski definition) is 0. The van der Waals surface area contributed by atoms with E-state index in [2.05, 4.69) is 19.2 Å². The molecule has 0 saturated heterocycles. The van der Waals surface area contributed by atoms with Crippen LogP contribution in [-0.2, 0) is 15.2 Å². The fourth-order valence-electron chi connectivity index (χ4n) is 1.85. The van der Waals surface area contributed by atoms with E-state index in [9.17, 15) is 18.0 Å². The summed E-state index contributed by atoms with van der Waals surface area (Å²) in [6.07, 6.45) is 0. The first kappa shape index (κ1) is 20.9. The molecule has 1 heterocycles. The molecule has 0 aliphatic heterocycles. The van der Waals surface area contributed by atoms with Crippen LogP contribution >= 0.6 is 11.6 Å². The largest absolute Gasteiger partial charge is 0.465 e. The summed E-state index contributed by atoms with van der Waals surface area (Å²) in [6, 6.07) is 15.4. The Morgan fingerprint density at radius 1 is 1.11 bits per heavy atom. The third-order valence-corrected chi connectivity index (χ3v) is 3.59. The molecule has 0 fully saturated rings. The van der Waals surface area contributed by atoms with Crippen LogP contribution in [0.5, 0.6) is 0 Å². The molecule has 3 aromatic rings. The van der Waals surface area contributed by atoms with Gasteiger partial charge in [0, 0.05) is 10.6 Å². The van der Waals surface area contributed by atoms with Crippen molar-refractivity contribution in [2.24, 2.45) is 4.36 Å². The summed E-state index contributed by atoms with van der Waals surface area (Å²) < 4.78 is 32.4. The Morgan fingerprint density at radius 3 is 2.43 bits per heavy atom. The van der Waals surface area contributed by atoms with Crippen LogP contribution in [0.4, 0.5) is 0 Å². The molecule has 1 aromatic heterocycles. The van der Waals surface area contributed by atoms with Gasteiger partial charge in [-0.05, 0) is 30.3 Å². The first-order chi connectivity index (χ1) is 13.4. The first-order valence-corrected chi connectivity index (χ1v) is 8.90. The second kappa shape index (κ2) is 10.1. The van der Waals surface area contributed by atoms with Crippen molar-refractivity contribution < 1.29 is 27.3 Å². The van der Waals surface area contributed by atoms with Crippen molar-refractivity contribution in [3.05, 3.63) is 71.0 Å². The SMILES string of the molecule is COC(=O)c1cccc(Cl)c1.O=C(N=S(=O)=O)c1noc(-c2ccccc2)n1. The normalized spacial score (nSPS) is 9.64. The number of rotatable bonds is 3. The smallest absolute Gasteiger partial charge is 0.337 e. The van der Waals surface area contributed by atoms with Crippen LogP contribution in [-0.4, -0.2) is 37.5 Å². The molecular formula is C17H12ClN3O6S. The van der Waals surface area contributed by atoms with Gasteiger partial charge in [0.25, 0.3) is 11.7 Å². The summed E-state index contributed by atoms with van der Waals surface area (Å²) in [5, 5.41) is 3.88. The number of nitrogens with zero attached hydrogens (tertiary/aromatic N) is 3. The minimum Gasteiger partial charge on any atom is -0.465 e. The molecule has 9 nitrogen and oxygen atoms in total. The Balaban J connectivity index is 0.000000221. The van der Waals surface area contributed by atoms with Crippen LogP contribution in [0.1, 0.15) is 21.0 Å². The van der Waals surface area contributed by atoms with E-state index < -0.39 is 22.2 Å². The number of benzene rings is 2. The molecule has 28 heavy (non-hydrogen) atoms. The molecule has 1 amide bonds. The lowest BCUT2D eigenvalue weighted by molar-refractivity contribution is 0.0600. The first-order valence-electron chi connectivity index (χ1n) is 7.49. The minimum absolute atomic E-state index is 0.126. The zero-order valence-electron chi connectivity index (χ0n) is 14.3. The molecule has 0 bridgehead atoms. The highest BCUT2D eigenvalue weighted by atomic mass is 35.5. The summed E-state index contributed by atoms with van der Waals surface area (Å²) in [5.41, 5.74) is 1.10. The van der Waals surface area contributed by atoms with Crippen LogP contribution in [0.2, 0.25) is 5.02 Å². The predicted octanol–water partition coefficient (Wildman–Crippen LogP) is 3.07. The van der Waals surface area contributed by atoms with E-state index in [1.807, 2.05) is 6.07 Å². The van der Waals surface area contributed by atoms with Gasteiger partial charge in [0.1, 0.15) is 0 Å². The molecule has 0 unspecified atom stereocenters. The van der Waals surface area contributed by atoms with E-state index >= 15 is 0 Å². The van der Waals surface area contributed by atoms with Crippen molar-refractivity contribution >= 4 is 34.0 Å². The van der Waals surface area contributed by atoms with Gasteiger partial charge in [-0.1, -0.05) is 45.4 Å². The van der Waals surface area contributed by atoms with E-state index in [-0.39, 0.29) is 11.9 Å². The lowest BCUT2D eigenvalue weighted by Gasteiger charge is -1.97. The molecule has 144 valence electrons. The van der Waals surface area contributed by atoms with Crippen molar-refractivity contribution in [2.45, 2.75) is 0 Å². The highest BCUT2D eigenvalue weighted by molar-refractivity contribution is 7.62. The van der Waals surface area contributed by atoms with Gasteiger partial charge in [0.15, 0.2) is 0 Å². The molecule has 0 saturated carbocycles. The summed E-state index contributed by atoms with van der Waals surface area (Å²) in [4.78, 5) is 25.8. The summed E-state index contributed by atoms with van der Waals surface area (Å²) in [6.45, 7) is 0. The quantitative estimate of drug-likeness (QED) is 0.590. The van der Waals surface area contributed by atoms with Crippen LogP contribution in [0.25, 0.3) is 11.5 Å². The Kier molecular flexibility index (Phi) is 7.55. The van der Waals surface area contributed by atoms with E-state index in [4.69, 9.17) is 16.1 Å². The molecule has 0 aliphatic carbocycles. The van der Waals surface area contributed by atoms with Gasteiger partial charge in [-0.3, -0.25) is 4.79 Å². The van der Waals surface area contributed by atoms with Gasteiger partial charge in [-0.15, -0.1) is 0 Å². The number of amides is 1. The molecule has 11 heteroatoms. The lowest BCUT2D eigenvalue weighted by atomic mass is 10.2. The second-order valence-electron chi connectivity index (χ2n) is 4.90. The van der Waals surface area contributed by atoms with E-state index in [1.165, 1.54) is 7.11 Å². The maximum atomic E-state index is 11.2. The zero-order valence-corrected chi connectivity index (χ0v) is 15.8. The Morgan fingerprint density at radius 2 is 1.82 bits per heavy atom. The molecular weight excluding hydrogens is 410 g/mol. The topological polar surface area (TPSA) is 129 Å². The van der Waals surface area contributed by atoms with Crippen molar-refractivity contribution in [3.63, 3.8) is 0 Å². The van der Waals surface area contributed by atoms with Crippen LogP contribution in [0, 0.1) is 0 Å². The van der Waals surface area contributed by atoms with Gasteiger partial charge in [-0.25, -0.2) is 4.79 Å². The molecule has 0 radical (unpaired) electrons. The fraction of sp³-hybridized carbons (Fsp3) is 0.0588. The number of ether oxygens (including phenoxy) is 1. The van der Waals surface area contributed by atoms with Crippen molar-refractivity contribution in [1.29, 1.82) is 0 Å². The van der Waals surface area contributed by atoms with Crippen LogP contribution in [0.15, 0.2) is 63.5 Å². The lowest BCUT2D eigenvalue weighted by Crippen LogP contribution is -1.99. The molecule has 0 N–H and O–H groups in total. The number of hydrogen-bond acceptors (Lipinski definition) is 8.